The Morgan fingerprint density at radius 3 is 2.41 bits per heavy atom. The normalized spacial score (nSPS) is 12.7. The van der Waals surface area contributed by atoms with Gasteiger partial charge in [-0.3, -0.25) is 0 Å². The molecule has 2 aromatic heterocycles. The molecule has 0 radical (unpaired) electrons. The lowest BCUT2D eigenvalue weighted by molar-refractivity contribution is -0.141. The van der Waals surface area contributed by atoms with Crippen LogP contribution in [0.5, 0.6) is 5.75 Å². The molecule has 32 heavy (non-hydrogen) atoms. The number of sulfone groups is 1. The van der Waals surface area contributed by atoms with Crippen molar-refractivity contribution in [2.45, 2.75) is 44.4 Å². The maximum absolute atomic E-state index is 13.0. The molecule has 0 N–H and O–H groups in total. The van der Waals surface area contributed by atoms with Gasteiger partial charge in [-0.2, -0.15) is 18.4 Å². The van der Waals surface area contributed by atoms with Crippen LogP contribution < -0.4 is 4.74 Å². The van der Waals surface area contributed by atoms with E-state index in [1.54, 1.807) is 6.92 Å². The standard InChI is InChI=1S/C20H20F3N5O3S/c1-6-32(29,30)15-9-14(31-19(3,4)10-24)11(2)7-12(15)17-25-13-8-16(20(21,22)23)26-27-18(13)28(17)5/h7-9H,6H2,1-5H3. The minimum Gasteiger partial charge on any atom is -0.473 e. The predicted octanol–water partition coefficient (Wildman–Crippen LogP) is 3.83. The quantitative estimate of drug-likeness (QED) is 0.561. The molecule has 0 aliphatic heterocycles. The number of aromatic nitrogens is 4. The van der Waals surface area contributed by atoms with Crippen LogP contribution in [-0.4, -0.2) is 39.5 Å². The fourth-order valence-corrected chi connectivity index (χ4v) is 4.11. The summed E-state index contributed by atoms with van der Waals surface area (Å²) in [5.74, 6) is 0.0756. The highest BCUT2D eigenvalue weighted by molar-refractivity contribution is 7.91. The summed E-state index contributed by atoms with van der Waals surface area (Å²) in [6.07, 6.45) is -4.70. The fraction of sp³-hybridized carbons (Fsp3) is 0.400. The van der Waals surface area contributed by atoms with Gasteiger partial charge in [0, 0.05) is 18.7 Å². The van der Waals surface area contributed by atoms with Crippen molar-refractivity contribution in [3.63, 3.8) is 0 Å². The zero-order valence-corrected chi connectivity index (χ0v) is 18.8. The molecule has 1 aromatic carbocycles. The first-order valence-corrected chi connectivity index (χ1v) is 11.1. The Morgan fingerprint density at radius 2 is 1.84 bits per heavy atom. The summed E-state index contributed by atoms with van der Waals surface area (Å²) in [6.45, 7) is 6.21. The van der Waals surface area contributed by atoms with Crippen molar-refractivity contribution in [2.24, 2.45) is 7.05 Å². The molecule has 0 amide bonds. The van der Waals surface area contributed by atoms with E-state index in [-0.39, 0.29) is 38.9 Å². The molecule has 3 rings (SSSR count). The summed E-state index contributed by atoms with van der Waals surface area (Å²) in [6, 6.07) is 5.58. The molecule has 0 saturated carbocycles. The van der Waals surface area contributed by atoms with Crippen LogP contribution in [-0.2, 0) is 23.1 Å². The number of alkyl halides is 3. The second-order valence-corrected chi connectivity index (χ2v) is 9.92. The van der Waals surface area contributed by atoms with E-state index in [0.29, 0.717) is 5.56 Å². The summed E-state index contributed by atoms with van der Waals surface area (Å²) >= 11 is 0. The summed E-state index contributed by atoms with van der Waals surface area (Å²) in [7, 11) is -2.29. The van der Waals surface area contributed by atoms with Gasteiger partial charge in [0.25, 0.3) is 0 Å². The lowest BCUT2D eigenvalue weighted by atomic mass is 10.1. The maximum Gasteiger partial charge on any atom is 0.435 e. The third-order valence-corrected chi connectivity index (χ3v) is 6.54. The molecular formula is C20H20F3N5O3S. The summed E-state index contributed by atoms with van der Waals surface area (Å²) < 4.78 is 71.9. The lowest BCUT2D eigenvalue weighted by Crippen LogP contribution is -2.26. The highest BCUT2D eigenvalue weighted by atomic mass is 32.2. The maximum atomic E-state index is 13.0. The van der Waals surface area contributed by atoms with E-state index in [4.69, 9.17) is 4.74 Å². The van der Waals surface area contributed by atoms with Crippen molar-refractivity contribution in [3.8, 4) is 23.2 Å². The van der Waals surface area contributed by atoms with Gasteiger partial charge in [-0.25, -0.2) is 13.4 Å². The average molecular weight is 467 g/mol. The SMILES string of the molecule is CCS(=O)(=O)c1cc(OC(C)(C)C#N)c(C)cc1-c1nc2cc(C(F)(F)F)nnc2n1C. The highest BCUT2D eigenvalue weighted by Gasteiger charge is 2.34. The van der Waals surface area contributed by atoms with E-state index >= 15 is 0 Å². The number of hydrogen-bond acceptors (Lipinski definition) is 7. The van der Waals surface area contributed by atoms with Gasteiger partial charge < -0.3 is 9.30 Å². The van der Waals surface area contributed by atoms with E-state index in [9.17, 15) is 26.9 Å². The molecule has 0 atom stereocenters. The number of nitrogens with zero attached hydrogens (tertiary/aromatic N) is 5. The summed E-state index contributed by atoms with van der Waals surface area (Å²) in [5, 5.41) is 16.1. The third-order valence-electron chi connectivity index (χ3n) is 4.77. The topological polar surface area (TPSA) is 111 Å². The fourth-order valence-electron chi connectivity index (χ4n) is 3.03. The van der Waals surface area contributed by atoms with Crippen molar-refractivity contribution in [1.29, 1.82) is 5.26 Å². The van der Waals surface area contributed by atoms with E-state index < -0.39 is 27.3 Å². The molecule has 0 spiro atoms. The van der Waals surface area contributed by atoms with Gasteiger partial charge in [0.15, 0.2) is 26.8 Å². The monoisotopic (exact) mass is 467 g/mol. The number of ether oxygens (including phenoxy) is 1. The van der Waals surface area contributed by atoms with E-state index in [1.807, 2.05) is 6.07 Å². The first kappa shape index (κ1) is 23.5. The van der Waals surface area contributed by atoms with E-state index in [2.05, 4.69) is 15.2 Å². The smallest absolute Gasteiger partial charge is 0.435 e. The minimum absolute atomic E-state index is 0.0661. The first-order chi connectivity index (χ1) is 14.7. The van der Waals surface area contributed by atoms with Gasteiger partial charge in [-0.15, -0.1) is 10.2 Å². The number of imidazole rings is 1. The van der Waals surface area contributed by atoms with E-state index in [0.717, 1.165) is 6.07 Å². The predicted molar refractivity (Wildman–Crippen MR) is 110 cm³/mol. The van der Waals surface area contributed by atoms with Crippen LogP contribution >= 0.6 is 0 Å². The number of rotatable bonds is 5. The Labute approximate surface area is 182 Å². The molecule has 170 valence electrons. The minimum atomic E-state index is -4.70. The molecule has 2 heterocycles. The van der Waals surface area contributed by atoms with Gasteiger partial charge in [0.05, 0.1) is 10.6 Å². The molecule has 12 heteroatoms. The van der Waals surface area contributed by atoms with Crippen LogP contribution in [0.15, 0.2) is 23.1 Å². The second-order valence-electron chi connectivity index (χ2n) is 7.67. The van der Waals surface area contributed by atoms with Gasteiger partial charge in [-0.1, -0.05) is 6.92 Å². The third kappa shape index (κ3) is 4.25. The number of nitriles is 1. The van der Waals surface area contributed by atoms with E-state index in [1.165, 1.54) is 44.5 Å². The van der Waals surface area contributed by atoms with Crippen molar-refractivity contribution in [3.05, 3.63) is 29.5 Å². The molecule has 3 aromatic rings. The molecule has 0 aliphatic rings. The molecule has 8 nitrogen and oxygen atoms in total. The Hall–Kier alpha value is -3.20. The van der Waals surface area contributed by atoms with Crippen LogP contribution in [0.2, 0.25) is 0 Å². The number of aryl methyl sites for hydroxylation is 2. The molecule has 0 fully saturated rings. The van der Waals surface area contributed by atoms with Crippen LogP contribution in [0.3, 0.4) is 0 Å². The summed E-state index contributed by atoms with van der Waals surface area (Å²) in [5.41, 5.74) is -1.71. The number of hydrogen-bond donors (Lipinski definition) is 0. The second kappa shape index (κ2) is 7.74. The largest absolute Gasteiger partial charge is 0.473 e. The summed E-state index contributed by atoms with van der Waals surface area (Å²) in [4.78, 5) is 4.12. The zero-order valence-electron chi connectivity index (χ0n) is 17.9. The molecular weight excluding hydrogens is 447 g/mol. The number of benzene rings is 1. The number of fused-ring (bicyclic) bond motifs is 1. The lowest BCUT2D eigenvalue weighted by Gasteiger charge is -2.21. The molecule has 0 unspecified atom stereocenters. The van der Waals surface area contributed by atoms with Crippen LogP contribution in [0.25, 0.3) is 22.6 Å². The van der Waals surface area contributed by atoms with Gasteiger partial charge in [0.2, 0.25) is 0 Å². The molecule has 0 aliphatic carbocycles. The van der Waals surface area contributed by atoms with Crippen LogP contribution in [0.1, 0.15) is 32.0 Å². The zero-order chi connectivity index (χ0) is 24.1. The van der Waals surface area contributed by atoms with Crippen molar-refractivity contribution < 1.29 is 26.3 Å². The Bertz CT molecular complexity index is 1360. The van der Waals surface area contributed by atoms with Gasteiger partial charge >= 0.3 is 6.18 Å². The van der Waals surface area contributed by atoms with Crippen molar-refractivity contribution >= 4 is 21.0 Å². The highest BCUT2D eigenvalue weighted by Crippen LogP contribution is 2.36. The van der Waals surface area contributed by atoms with Crippen molar-refractivity contribution in [2.75, 3.05) is 5.75 Å². The Morgan fingerprint density at radius 1 is 1.19 bits per heavy atom. The molecule has 0 bridgehead atoms. The van der Waals surface area contributed by atoms with Crippen molar-refractivity contribution in [1.82, 2.24) is 19.7 Å². The first-order valence-electron chi connectivity index (χ1n) is 9.45. The van der Waals surface area contributed by atoms with Crippen LogP contribution in [0, 0.1) is 18.3 Å². The Balaban J connectivity index is 2.29. The van der Waals surface area contributed by atoms with Gasteiger partial charge in [-0.05, 0) is 38.5 Å². The Kier molecular flexibility index (Phi) is 5.67. The van der Waals surface area contributed by atoms with Crippen LogP contribution in [0.4, 0.5) is 13.2 Å². The average Bonchev–Trinajstić information content (AvgIpc) is 3.04. The number of halogens is 3. The molecule has 0 saturated heterocycles. The van der Waals surface area contributed by atoms with Gasteiger partial charge in [0.1, 0.15) is 23.2 Å².